The van der Waals surface area contributed by atoms with Gasteiger partial charge in [-0.05, 0) is 59.7 Å². The van der Waals surface area contributed by atoms with E-state index < -0.39 is 0 Å². The van der Waals surface area contributed by atoms with Crippen LogP contribution < -0.4 is 15.5 Å². The third-order valence-electron chi connectivity index (χ3n) is 4.45. The Bertz CT molecular complexity index is 1130. The Hall–Kier alpha value is -3.90. The monoisotopic (exact) mass is 433 g/mol. The first-order valence-electron chi connectivity index (χ1n) is 9.41. The highest BCUT2D eigenvalue weighted by molar-refractivity contribution is 6.30. The Balaban J connectivity index is 1.72. The molecule has 0 radical (unpaired) electrons. The number of nitrogens with one attached hydrogen (secondary N) is 2. The van der Waals surface area contributed by atoms with Gasteiger partial charge in [0, 0.05) is 41.3 Å². The smallest absolute Gasteiger partial charge is 0.255 e. The fraction of sp³-hybridized carbons (Fsp3) is 0.0417. The molecule has 3 aromatic rings. The zero-order chi connectivity index (χ0) is 22.2. The molecule has 0 spiro atoms. The van der Waals surface area contributed by atoms with Crippen molar-refractivity contribution in [2.45, 2.75) is 0 Å². The summed E-state index contributed by atoms with van der Waals surface area (Å²) < 4.78 is 0. The predicted octanol–water partition coefficient (Wildman–Crippen LogP) is 4.48. The van der Waals surface area contributed by atoms with Gasteiger partial charge in [0.1, 0.15) is 0 Å². The normalized spacial score (nSPS) is 10.5. The highest BCUT2D eigenvalue weighted by Gasteiger charge is 2.09. The van der Waals surface area contributed by atoms with Crippen LogP contribution in [0.3, 0.4) is 0 Å². The fourth-order valence-corrected chi connectivity index (χ4v) is 3.03. The maximum atomic E-state index is 12.7. The number of benzene rings is 3. The number of anilines is 2. The first-order valence-corrected chi connectivity index (χ1v) is 9.79. The van der Waals surface area contributed by atoms with Crippen molar-refractivity contribution in [2.75, 3.05) is 17.3 Å². The van der Waals surface area contributed by atoms with E-state index in [9.17, 15) is 14.4 Å². The third kappa shape index (κ3) is 5.81. The lowest BCUT2D eigenvalue weighted by molar-refractivity contribution is -0.116. The lowest BCUT2D eigenvalue weighted by Crippen LogP contribution is -2.18. The van der Waals surface area contributed by atoms with E-state index in [2.05, 4.69) is 10.6 Å². The maximum absolute atomic E-state index is 12.7. The van der Waals surface area contributed by atoms with Crippen molar-refractivity contribution < 1.29 is 14.4 Å². The van der Waals surface area contributed by atoms with Crippen LogP contribution in [0.4, 0.5) is 11.4 Å². The molecule has 31 heavy (non-hydrogen) atoms. The van der Waals surface area contributed by atoms with Gasteiger partial charge in [0.15, 0.2) is 0 Å². The second kappa shape index (κ2) is 10.2. The fourth-order valence-electron chi connectivity index (χ4n) is 2.84. The Kier molecular flexibility index (Phi) is 7.19. The van der Waals surface area contributed by atoms with Crippen LogP contribution in [0.25, 0.3) is 11.1 Å². The SMILES string of the molecule is CNC(=O)/C=C\N(C=O)c1ccc(NC(=O)c2cccc(-c3cccc(Cl)c3)c2)cc1. The first-order chi connectivity index (χ1) is 15.0. The van der Waals surface area contributed by atoms with E-state index in [0.717, 1.165) is 11.1 Å². The molecule has 3 amide bonds. The van der Waals surface area contributed by atoms with Gasteiger partial charge in [0.2, 0.25) is 12.3 Å². The number of hydrogen-bond donors (Lipinski definition) is 2. The minimum Gasteiger partial charge on any atom is -0.356 e. The van der Waals surface area contributed by atoms with E-state index in [0.29, 0.717) is 28.4 Å². The molecular formula is C24H20ClN3O3. The second-order valence-corrected chi connectivity index (χ2v) is 6.97. The van der Waals surface area contributed by atoms with Crippen LogP contribution in [0.1, 0.15) is 10.4 Å². The number of amides is 3. The van der Waals surface area contributed by atoms with Crippen LogP contribution in [0.15, 0.2) is 85.1 Å². The number of halogens is 1. The van der Waals surface area contributed by atoms with Gasteiger partial charge < -0.3 is 10.6 Å². The van der Waals surface area contributed by atoms with E-state index in [1.807, 2.05) is 30.3 Å². The van der Waals surface area contributed by atoms with Crippen LogP contribution in [0.5, 0.6) is 0 Å². The lowest BCUT2D eigenvalue weighted by Gasteiger charge is -2.13. The Morgan fingerprint density at radius 2 is 1.61 bits per heavy atom. The van der Waals surface area contributed by atoms with Crippen molar-refractivity contribution in [1.82, 2.24) is 5.32 Å². The minimum absolute atomic E-state index is 0.261. The average Bonchev–Trinajstić information content (AvgIpc) is 2.80. The highest BCUT2D eigenvalue weighted by Crippen LogP contribution is 2.24. The van der Waals surface area contributed by atoms with Crippen molar-refractivity contribution in [3.05, 3.63) is 95.7 Å². The highest BCUT2D eigenvalue weighted by atomic mass is 35.5. The molecular weight excluding hydrogens is 414 g/mol. The van der Waals surface area contributed by atoms with Gasteiger partial charge in [-0.3, -0.25) is 19.3 Å². The van der Waals surface area contributed by atoms with Crippen LogP contribution in [-0.2, 0) is 9.59 Å². The molecule has 0 saturated heterocycles. The van der Waals surface area contributed by atoms with Crippen LogP contribution >= 0.6 is 11.6 Å². The van der Waals surface area contributed by atoms with Crippen LogP contribution in [0.2, 0.25) is 5.02 Å². The molecule has 0 aliphatic carbocycles. The molecule has 0 fully saturated rings. The van der Waals surface area contributed by atoms with Crippen molar-refractivity contribution >= 4 is 41.2 Å². The molecule has 3 aromatic carbocycles. The zero-order valence-electron chi connectivity index (χ0n) is 16.7. The number of carbonyl (C=O) groups excluding carboxylic acids is 3. The van der Waals surface area contributed by atoms with E-state index in [4.69, 9.17) is 11.6 Å². The molecule has 0 bridgehead atoms. The van der Waals surface area contributed by atoms with Gasteiger partial charge in [-0.2, -0.15) is 0 Å². The van der Waals surface area contributed by atoms with Crippen LogP contribution in [-0.4, -0.2) is 25.3 Å². The van der Waals surface area contributed by atoms with Crippen LogP contribution in [0, 0.1) is 0 Å². The van der Waals surface area contributed by atoms with Gasteiger partial charge in [0.05, 0.1) is 0 Å². The Morgan fingerprint density at radius 3 is 2.26 bits per heavy atom. The summed E-state index contributed by atoms with van der Waals surface area (Å²) in [5.74, 6) is -0.584. The largest absolute Gasteiger partial charge is 0.356 e. The van der Waals surface area contributed by atoms with E-state index >= 15 is 0 Å². The second-order valence-electron chi connectivity index (χ2n) is 6.53. The molecule has 0 heterocycles. The quantitative estimate of drug-likeness (QED) is 0.426. The van der Waals surface area contributed by atoms with Crippen molar-refractivity contribution in [3.63, 3.8) is 0 Å². The summed E-state index contributed by atoms with van der Waals surface area (Å²) in [4.78, 5) is 36.5. The lowest BCUT2D eigenvalue weighted by atomic mass is 10.0. The number of hydrogen-bond acceptors (Lipinski definition) is 3. The van der Waals surface area contributed by atoms with Crippen molar-refractivity contribution in [2.24, 2.45) is 0 Å². The number of likely N-dealkylation sites (N-methyl/N-ethyl adjacent to an activating group) is 1. The zero-order valence-corrected chi connectivity index (χ0v) is 17.5. The topological polar surface area (TPSA) is 78.5 Å². The van der Waals surface area contributed by atoms with E-state index in [1.165, 1.54) is 24.2 Å². The first kappa shape index (κ1) is 21.8. The average molecular weight is 434 g/mol. The van der Waals surface area contributed by atoms with Gasteiger partial charge in [0.25, 0.3) is 5.91 Å². The molecule has 0 saturated carbocycles. The molecule has 0 aromatic heterocycles. The summed E-state index contributed by atoms with van der Waals surface area (Å²) in [6.45, 7) is 0. The summed E-state index contributed by atoms with van der Waals surface area (Å²) in [6, 6.07) is 21.4. The Morgan fingerprint density at radius 1 is 0.935 bits per heavy atom. The van der Waals surface area contributed by atoms with Gasteiger partial charge in [-0.25, -0.2) is 0 Å². The third-order valence-corrected chi connectivity index (χ3v) is 4.69. The minimum atomic E-state index is -0.323. The molecule has 3 rings (SSSR count). The van der Waals surface area contributed by atoms with Gasteiger partial charge >= 0.3 is 0 Å². The summed E-state index contributed by atoms with van der Waals surface area (Å²) in [5, 5.41) is 5.90. The van der Waals surface area contributed by atoms with E-state index in [1.54, 1.807) is 42.5 Å². The molecule has 0 aliphatic rings. The molecule has 7 heteroatoms. The van der Waals surface area contributed by atoms with Gasteiger partial charge in [-0.1, -0.05) is 35.9 Å². The number of nitrogens with zero attached hydrogens (tertiary/aromatic N) is 1. The number of rotatable bonds is 7. The summed E-state index contributed by atoms with van der Waals surface area (Å²) >= 11 is 6.06. The predicted molar refractivity (Wildman–Crippen MR) is 123 cm³/mol. The summed E-state index contributed by atoms with van der Waals surface area (Å²) in [6.07, 6.45) is 3.20. The van der Waals surface area contributed by atoms with Gasteiger partial charge in [-0.15, -0.1) is 0 Å². The molecule has 6 nitrogen and oxygen atoms in total. The summed E-state index contributed by atoms with van der Waals surface area (Å²) in [7, 11) is 1.50. The molecule has 2 N–H and O–H groups in total. The van der Waals surface area contributed by atoms with E-state index in [-0.39, 0.29) is 11.8 Å². The molecule has 0 atom stereocenters. The van der Waals surface area contributed by atoms with Crippen molar-refractivity contribution in [3.8, 4) is 11.1 Å². The number of carbonyl (C=O) groups is 3. The van der Waals surface area contributed by atoms with Crippen molar-refractivity contribution in [1.29, 1.82) is 0 Å². The standard InChI is InChI=1S/C24H20ClN3O3/c1-26-23(30)12-13-28(16-29)22-10-8-21(9-11-22)27-24(31)19-6-2-4-17(14-19)18-5-3-7-20(25)15-18/h2-16H,1H3,(H,26,30)(H,27,31)/b13-12-. The Labute approximate surface area is 185 Å². The molecule has 0 unspecified atom stereocenters. The molecule has 0 aliphatic heterocycles. The molecule has 156 valence electrons. The maximum Gasteiger partial charge on any atom is 0.255 e. The summed E-state index contributed by atoms with van der Waals surface area (Å²) in [5.41, 5.74) is 3.43.